The van der Waals surface area contributed by atoms with E-state index in [1.807, 2.05) is 31.2 Å². The van der Waals surface area contributed by atoms with Crippen molar-refractivity contribution in [3.05, 3.63) is 64.2 Å². The molecule has 1 N–H and O–H groups in total. The predicted molar refractivity (Wildman–Crippen MR) is 80.6 cm³/mol. The third-order valence-corrected chi connectivity index (χ3v) is 4.31. The lowest BCUT2D eigenvalue weighted by atomic mass is 10.0. The first-order chi connectivity index (χ1) is 9.63. The maximum atomic E-state index is 11.0. The van der Waals surface area contributed by atoms with E-state index in [2.05, 4.69) is 11.1 Å². The van der Waals surface area contributed by atoms with E-state index in [1.165, 1.54) is 0 Å². The maximum Gasteiger partial charge on any atom is 0.335 e. The zero-order chi connectivity index (χ0) is 14.1. The van der Waals surface area contributed by atoms with E-state index in [4.69, 9.17) is 5.11 Å². The highest BCUT2D eigenvalue weighted by Gasteiger charge is 2.09. The molecule has 3 nitrogen and oxygen atoms in total. The van der Waals surface area contributed by atoms with Crippen LogP contribution >= 0.6 is 11.3 Å². The van der Waals surface area contributed by atoms with Crippen LogP contribution in [-0.2, 0) is 6.42 Å². The highest BCUT2D eigenvalue weighted by atomic mass is 32.1. The molecule has 0 radical (unpaired) electrons. The summed E-state index contributed by atoms with van der Waals surface area (Å²) in [6, 6.07) is 13.3. The molecule has 1 aromatic heterocycles. The van der Waals surface area contributed by atoms with Gasteiger partial charge in [-0.2, -0.15) is 0 Å². The average Bonchev–Trinajstić information content (AvgIpc) is 2.83. The number of para-hydroxylation sites is 1. The first-order valence-electron chi connectivity index (χ1n) is 6.31. The van der Waals surface area contributed by atoms with Crippen LogP contribution < -0.4 is 0 Å². The van der Waals surface area contributed by atoms with Crippen LogP contribution in [0.4, 0.5) is 0 Å². The summed E-state index contributed by atoms with van der Waals surface area (Å²) in [4.78, 5) is 15.6. The summed E-state index contributed by atoms with van der Waals surface area (Å²) in [6.45, 7) is 1.99. The van der Waals surface area contributed by atoms with E-state index in [0.29, 0.717) is 12.0 Å². The normalized spacial score (nSPS) is 10.8. The zero-order valence-corrected chi connectivity index (χ0v) is 11.8. The number of carboxylic acid groups (broad SMARTS) is 1. The zero-order valence-electron chi connectivity index (χ0n) is 11.0. The van der Waals surface area contributed by atoms with Crippen molar-refractivity contribution >= 4 is 27.5 Å². The number of carbonyl (C=O) groups is 1. The number of carboxylic acids is 1. The SMILES string of the molecule is Cc1ccc(C(=O)O)cc1Cc1nc2ccccc2s1. The van der Waals surface area contributed by atoms with Gasteiger partial charge in [0, 0.05) is 6.42 Å². The van der Waals surface area contributed by atoms with Crippen molar-refractivity contribution in [3.8, 4) is 0 Å². The minimum Gasteiger partial charge on any atom is -0.478 e. The Kier molecular flexibility index (Phi) is 3.24. The van der Waals surface area contributed by atoms with Gasteiger partial charge in [-0.3, -0.25) is 0 Å². The molecule has 0 aliphatic carbocycles. The van der Waals surface area contributed by atoms with Gasteiger partial charge < -0.3 is 5.11 Å². The minimum absolute atomic E-state index is 0.326. The van der Waals surface area contributed by atoms with Crippen LogP contribution in [-0.4, -0.2) is 16.1 Å². The molecule has 0 aliphatic heterocycles. The van der Waals surface area contributed by atoms with Gasteiger partial charge in [0.05, 0.1) is 20.8 Å². The summed E-state index contributed by atoms with van der Waals surface area (Å²) < 4.78 is 1.16. The van der Waals surface area contributed by atoms with E-state index in [1.54, 1.807) is 23.5 Å². The van der Waals surface area contributed by atoms with Crippen LogP contribution in [0.1, 0.15) is 26.5 Å². The van der Waals surface area contributed by atoms with Crippen LogP contribution in [0, 0.1) is 6.92 Å². The predicted octanol–water partition coefficient (Wildman–Crippen LogP) is 3.89. The summed E-state index contributed by atoms with van der Waals surface area (Å²) in [7, 11) is 0. The molecule has 1 heterocycles. The van der Waals surface area contributed by atoms with Crippen LogP contribution in [0.15, 0.2) is 42.5 Å². The van der Waals surface area contributed by atoms with Gasteiger partial charge in [0.15, 0.2) is 0 Å². The van der Waals surface area contributed by atoms with Crippen molar-refractivity contribution in [2.45, 2.75) is 13.3 Å². The lowest BCUT2D eigenvalue weighted by Gasteiger charge is -2.05. The third kappa shape index (κ3) is 2.42. The molecular weight excluding hydrogens is 270 g/mol. The molecular formula is C16H13NO2S. The van der Waals surface area contributed by atoms with Gasteiger partial charge in [0.1, 0.15) is 0 Å². The maximum absolute atomic E-state index is 11.0. The Morgan fingerprint density at radius 2 is 2.05 bits per heavy atom. The van der Waals surface area contributed by atoms with E-state index >= 15 is 0 Å². The number of rotatable bonds is 3. The Balaban J connectivity index is 1.97. The summed E-state index contributed by atoms with van der Waals surface area (Å²) in [5, 5.41) is 10.1. The van der Waals surface area contributed by atoms with Gasteiger partial charge in [0.2, 0.25) is 0 Å². The smallest absolute Gasteiger partial charge is 0.335 e. The summed E-state index contributed by atoms with van der Waals surface area (Å²) in [6.07, 6.45) is 0.673. The molecule has 4 heteroatoms. The summed E-state index contributed by atoms with van der Waals surface area (Å²) >= 11 is 1.66. The Bertz CT molecular complexity index is 759. The van der Waals surface area contributed by atoms with Crippen molar-refractivity contribution in [1.29, 1.82) is 0 Å². The molecule has 0 saturated heterocycles. The van der Waals surface area contributed by atoms with Gasteiger partial charge in [-0.1, -0.05) is 18.2 Å². The molecule has 0 spiro atoms. The van der Waals surface area contributed by atoms with Gasteiger partial charge in [-0.15, -0.1) is 11.3 Å². The molecule has 0 amide bonds. The number of hydrogen-bond acceptors (Lipinski definition) is 3. The third-order valence-electron chi connectivity index (χ3n) is 3.28. The van der Waals surface area contributed by atoms with E-state index in [9.17, 15) is 4.79 Å². The molecule has 3 aromatic rings. The highest BCUT2D eigenvalue weighted by molar-refractivity contribution is 7.18. The molecule has 0 fully saturated rings. The fourth-order valence-corrected chi connectivity index (χ4v) is 3.14. The molecule has 100 valence electrons. The topological polar surface area (TPSA) is 50.2 Å². The average molecular weight is 283 g/mol. The van der Waals surface area contributed by atoms with Crippen molar-refractivity contribution < 1.29 is 9.90 Å². The fraction of sp³-hybridized carbons (Fsp3) is 0.125. The lowest BCUT2D eigenvalue weighted by Crippen LogP contribution is -1.99. The van der Waals surface area contributed by atoms with Crippen LogP contribution in [0.5, 0.6) is 0 Å². The van der Waals surface area contributed by atoms with Crippen molar-refractivity contribution in [2.24, 2.45) is 0 Å². The number of aromatic nitrogens is 1. The lowest BCUT2D eigenvalue weighted by molar-refractivity contribution is 0.0697. The number of aryl methyl sites for hydroxylation is 1. The first-order valence-corrected chi connectivity index (χ1v) is 7.12. The number of hydrogen-bond donors (Lipinski definition) is 1. The number of benzene rings is 2. The van der Waals surface area contributed by atoms with Crippen molar-refractivity contribution in [2.75, 3.05) is 0 Å². The Hall–Kier alpha value is -2.20. The fourth-order valence-electron chi connectivity index (χ4n) is 2.15. The monoisotopic (exact) mass is 283 g/mol. The van der Waals surface area contributed by atoms with Gasteiger partial charge in [-0.25, -0.2) is 9.78 Å². The molecule has 0 saturated carbocycles. The highest BCUT2D eigenvalue weighted by Crippen LogP contribution is 2.25. The second-order valence-corrected chi connectivity index (χ2v) is 5.81. The molecule has 0 aliphatic rings. The molecule has 0 atom stereocenters. The molecule has 0 bridgehead atoms. The van der Waals surface area contributed by atoms with Crippen LogP contribution in [0.25, 0.3) is 10.2 Å². The van der Waals surface area contributed by atoms with Crippen LogP contribution in [0.3, 0.4) is 0 Å². The molecule has 3 rings (SSSR count). The largest absolute Gasteiger partial charge is 0.478 e. The van der Waals surface area contributed by atoms with Gasteiger partial charge in [-0.05, 0) is 42.3 Å². The molecule has 2 aromatic carbocycles. The Morgan fingerprint density at radius 1 is 1.25 bits per heavy atom. The van der Waals surface area contributed by atoms with Gasteiger partial charge in [0.25, 0.3) is 0 Å². The molecule has 20 heavy (non-hydrogen) atoms. The van der Waals surface area contributed by atoms with Crippen molar-refractivity contribution in [1.82, 2.24) is 4.98 Å². The van der Waals surface area contributed by atoms with Gasteiger partial charge >= 0.3 is 5.97 Å². The van der Waals surface area contributed by atoms with E-state index in [-0.39, 0.29) is 0 Å². The number of aromatic carboxylic acids is 1. The number of fused-ring (bicyclic) bond motifs is 1. The molecule has 0 unspecified atom stereocenters. The Morgan fingerprint density at radius 3 is 2.80 bits per heavy atom. The summed E-state index contributed by atoms with van der Waals surface area (Å²) in [5.74, 6) is -0.893. The second-order valence-electron chi connectivity index (χ2n) is 4.70. The standard InChI is InChI=1S/C16H13NO2S/c1-10-6-7-11(16(18)19)8-12(10)9-15-17-13-4-2-3-5-14(13)20-15/h2-8H,9H2,1H3,(H,18,19). The van der Waals surface area contributed by atoms with E-state index in [0.717, 1.165) is 26.4 Å². The quantitative estimate of drug-likeness (QED) is 0.793. The number of nitrogens with zero attached hydrogens (tertiary/aromatic N) is 1. The van der Waals surface area contributed by atoms with E-state index < -0.39 is 5.97 Å². The minimum atomic E-state index is -0.893. The van der Waals surface area contributed by atoms with Crippen LogP contribution in [0.2, 0.25) is 0 Å². The van der Waals surface area contributed by atoms with Crippen molar-refractivity contribution in [3.63, 3.8) is 0 Å². The number of thiazole rings is 1. The second kappa shape index (κ2) is 5.06. The summed E-state index contributed by atoms with van der Waals surface area (Å²) in [5.41, 5.74) is 3.43. The Labute approximate surface area is 120 Å². The first kappa shape index (κ1) is 12.8.